The highest BCUT2D eigenvalue weighted by Crippen LogP contribution is 2.33. The Labute approximate surface area is 175 Å². The molecule has 4 aromatic rings. The van der Waals surface area contributed by atoms with Crippen molar-refractivity contribution in [3.05, 3.63) is 53.6 Å². The number of rotatable bonds is 6. The van der Waals surface area contributed by atoms with Crippen molar-refractivity contribution in [1.29, 1.82) is 0 Å². The van der Waals surface area contributed by atoms with Crippen LogP contribution in [0, 0.1) is 0 Å². The van der Waals surface area contributed by atoms with Gasteiger partial charge in [0.05, 0.1) is 19.2 Å². The van der Waals surface area contributed by atoms with E-state index in [4.69, 9.17) is 16.2 Å². The van der Waals surface area contributed by atoms with Crippen molar-refractivity contribution < 1.29 is 4.74 Å². The van der Waals surface area contributed by atoms with Crippen molar-refractivity contribution in [3.63, 3.8) is 0 Å². The Morgan fingerprint density at radius 2 is 1.97 bits per heavy atom. The van der Waals surface area contributed by atoms with E-state index in [1.807, 2.05) is 18.2 Å². The smallest absolute Gasteiger partial charge is 0.222 e. The fourth-order valence-electron chi connectivity index (χ4n) is 4.21. The fourth-order valence-corrected chi connectivity index (χ4v) is 4.21. The van der Waals surface area contributed by atoms with Crippen LogP contribution in [0.4, 0.5) is 11.8 Å². The molecule has 0 amide bonds. The monoisotopic (exact) mass is 402 g/mol. The molecule has 1 saturated carbocycles. The van der Waals surface area contributed by atoms with Gasteiger partial charge in [0.2, 0.25) is 5.95 Å². The molecular weight excluding hydrogens is 376 g/mol. The summed E-state index contributed by atoms with van der Waals surface area (Å²) in [6, 6.07) is 15.2. The van der Waals surface area contributed by atoms with E-state index in [1.165, 1.54) is 24.8 Å². The zero-order valence-electron chi connectivity index (χ0n) is 17.1. The molecule has 2 aromatic carbocycles. The lowest BCUT2D eigenvalue weighted by Crippen LogP contribution is -2.34. The van der Waals surface area contributed by atoms with Crippen molar-refractivity contribution in [2.24, 2.45) is 0 Å². The van der Waals surface area contributed by atoms with Gasteiger partial charge in [-0.1, -0.05) is 36.8 Å². The Morgan fingerprint density at radius 3 is 2.73 bits per heavy atom. The molecule has 7 heteroatoms. The number of nitrogens with two attached hydrogens (primary N) is 2. The molecule has 0 saturated heterocycles. The SMILES string of the molecule is COc1cc(CNC2CCC2)ccc1Cn1c2ccccc2c2nc(N)nc(N)c21. The Bertz CT molecular complexity index is 1230. The number of hydrogen-bond acceptors (Lipinski definition) is 6. The van der Waals surface area contributed by atoms with Crippen LogP contribution in [0.1, 0.15) is 30.4 Å². The van der Waals surface area contributed by atoms with Crippen LogP contribution in [-0.4, -0.2) is 27.7 Å². The molecule has 5 N–H and O–H groups in total. The molecule has 1 aliphatic rings. The summed E-state index contributed by atoms with van der Waals surface area (Å²) in [5, 5.41) is 4.62. The number of hydrogen-bond donors (Lipinski definition) is 3. The molecule has 0 radical (unpaired) electrons. The van der Waals surface area contributed by atoms with Crippen molar-refractivity contribution in [3.8, 4) is 5.75 Å². The molecule has 2 heterocycles. The highest BCUT2D eigenvalue weighted by molar-refractivity contribution is 6.09. The Balaban J connectivity index is 1.54. The summed E-state index contributed by atoms with van der Waals surface area (Å²) in [4.78, 5) is 8.66. The van der Waals surface area contributed by atoms with Crippen LogP contribution in [-0.2, 0) is 13.1 Å². The van der Waals surface area contributed by atoms with Gasteiger partial charge in [-0.2, -0.15) is 4.98 Å². The first-order valence-corrected chi connectivity index (χ1v) is 10.3. The summed E-state index contributed by atoms with van der Waals surface area (Å²) in [6.07, 6.45) is 3.88. The third-order valence-corrected chi connectivity index (χ3v) is 6.03. The number of fused-ring (bicyclic) bond motifs is 3. The topological polar surface area (TPSA) is 104 Å². The lowest BCUT2D eigenvalue weighted by atomic mass is 9.93. The highest BCUT2D eigenvalue weighted by Gasteiger charge is 2.18. The van der Waals surface area contributed by atoms with Gasteiger partial charge < -0.3 is 26.1 Å². The van der Waals surface area contributed by atoms with E-state index in [-0.39, 0.29) is 5.95 Å². The van der Waals surface area contributed by atoms with Crippen molar-refractivity contribution in [1.82, 2.24) is 19.9 Å². The number of ether oxygens (including phenoxy) is 1. The van der Waals surface area contributed by atoms with Crippen LogP contribution in [0.5, 0.6) is 5.75 Å². The van der Waals surface area contributed by atoms with Gasteiger partial charge in [-0.3, -0.25) is 0 Å². The molecule has 0 spiro atoms. The molecule has 30 heavy (non-hydrogen) atoms. The maximum atomic E-state index is 6.27. The predicted octanol–water partition coefficient (Wildman–Crippen LogP) is 3.45. The van der Waals surface area contributed by atoms with Gasteiger partial charge in [-0.05, 0) is 30.5 Å². The van der Waals surface area contributed by atoms with Gasteiger partial charge in [0, 0.05) is 23.5 Å². The average Bonchev–Trinajstić information content (AvgIpc) is 3.02. The maximum absolute atomic E-state index is 6.27. The summed E-state index contributed by atoms with van der Waals surface area (Å²) in [5.41, 5.74) is 17.0. The minimum atomic E-state index is 0.184. The predicted molar refractivity (Wildman–Crippen MR) is 120 cm³/mol. The van der Waals surface area contributed by atoms with Gasteiger partial charge in [0.1, 0.15) is 16.8 Å². The summed E-state index contributed by atoms with van der Waals surface area (Å²) < 4.78 is 7.87. The second-order valence-electron chi connectivity index (χ2n) is 7.92. The fraction of sp³-hybridized carbons (Fsp3) is 0.304. The molecule has 5 rings (SSSR count). The van der Waals surface area contributed by atoms with E-state index in [0.29, 0.717) is 18.4 Å². The number of nitrogens with zero attached hydrogens (tertiary/aromatic N) is 3. The van der Waals surface area contributed by atoms with Gasteiger partial charge >= 0.3 is 0 Å². The van der Waals surface area contributed by atoms with Crippen LogP contribution in [0.15, 0.2) is 42.5 Å². The first-order valence-electron chi connectivity index (χ1n) is 10.3. The molecular formula is C23H26N6O. The van der Waals surface area contributed by atoms with E-state index in [1.54, 1.807) is 7.11 Å². The van der Waals surface area contributed by atoms with E-state index in [9.17, 15) is 0 Å². The van der Waals surface area contributed by atoms with Crippen LogP contribution in [0.2, 0.25) is 0 Å². The third-order valence-electron chi connectivity index (χ3n) is 6.03. The second kappa shape index (κ2) is 7.50. The van der Waals surface area contributed by atoms with Crippen molar-refractivity contribution in [2.75, 3.05) is 18.6 Å². The van der Waals surface area contributed by atoms with Gasteiger partial charge in [-0.25, -0.2) is 4.98 Å². The minimum Gasteiger partial charge on any atom is -0.496 e. The summed E-state index contributed by atoms with van der Waals surface area (Å²) in [6.45, 7) is 1.46. The molecule has 0 atom stereocenters. The number of aromatic nitrogens is 3. The molecule has 0 aliphatic heterocycles. The second-order valence-corrected chi connectivity index (χ2v) is 7.92. The molecule has 2 aromatic heterocycles. The summed E-state index contributed by atoms with van der Waals surface area (Å²) in [7, 11) is 1.71. The van der Waals surface area contributed by atoms with Crippen LogP contribution in [0.25, 0.3) is 21.9 Å². The van der Waals surface area contributed by atoms with Crippen molar-refractivity contribution >= 4 is 33.7 Å². The largest absolute Gasteiger partial charge is 0.496 e. The molecule has 0 bridgehead atoms. The molecule has 1 aliphatic carbocycles. The number of benzene rings is 2. The number of para-hydroxylation sites is 1. The number of nitrogen functional groups attached to an aromatic ring is 2. The van der Waals surface area contributed by atoms with Crippen LogP contribution in [0.3, 0.4) is 0 Å². The number of nitrogens with one attached hydrogen (secondary N) is 1. The average molecular weight is 403 g/mol. The Kier molecular flexibility index (Phi) is 4.67. The van der Waals surface area contributed by atoms with Gasteiger partial charge in [-0.15, -0.1) is 0 Å². The first kappa shape index (κ1) is 18.7. The molecule has 7 nitrogen and oxygen atoms in total. The van der Waals surface area contributed by atoms with Crippen LogP contribution >= 0.6 is 0 Å². The number of anilines is 2. The third kappa shape index (κ3) is 3.21. The summed E-state index contributed by atoms with van der Waals surface area (Å²) in [5.74, 6) is 1.43. The van der Waals surface area contributed by atoms with Crippen molar-refractivity contribution in [2.45, 2.75) is 38.4 Å². The quantitative estimate of drug-likeness (QED) is 0.456. The van der Waals surface area contributed by atoms with E-state index in [2.05, 4.69) is 44.1 Å². The normalized spacial score (nSPS) is 14.3. The standard InChI is InChI=1S/C23H26N6O/c1-30-19-11-14(12-26-16-5-4-6-16)9-10-15(19)13-29-18-8-3-2-7-17(18)20-21(29)22(24)28-23(25)27-20/h2-3,7-11,16,26H,4-6,12-13H2,1H3,(H4,24,25,27,28). The minimum absolute atomic E-state index is 0.184. The molecule has 154 valence electrons. The van der Waals surface area contributed by atoms with E-state index >= 15 is 0 Å². The maximum Gasteiger partial charge on any atom is 0.222 e. The first-order chi connectivity index (χ1) is 14.6. The zero-order valence-corrected chi connectivity index (χ0v) is 17.1. The Morgan fingerprint density at radius 1 is 1.13 bits per heavy atom. The van der Waals surface area contributed by atoms with Gasteiger partial charge in [0.15, 0.2) is 5.82 Å². The molecule has 0 unspecified atom stereocenters. The lowest BCUT2D eigenvalue weighted by Gasteiger charge is -2.26. The lowest BCUT2D eigenvalue weighted by molar-refractivity contribution is 0.338. The van der Waals surface area contributed by atoms with E-state index < -0.39 is 0 Å². The summed E-state index contributed by atoms with van der Waals surface area (Å²) >= 11 is 0. The van der Waals surface area contributed by atoms with Crippen LogP contribution < -0.4 is 21.5 Å². The Hall–Kier alpha value is -3.32. The number of methoxy groups -OCH3 is 1. The van der Waals surface area contributed by atoms with Gasteiger partial charge in [0.25, 0.3) is 0 Å². The molecule has 1 fully saturated rings. The zero-order chi connectivity index (χ0) is 20.7. The van der Waals surface area contributed by atoms with E-state index in [0.717, 1.165) is 39.8 Å². The highest BCUT2D eigenvalue weighted by atomic mass is 16.5.